The highest BCUT2D eigenvalue weighted by Crippen LogP contribution is 2.01. The topological polar surface area (TPSA) is 52.6 Å². The van der Waals surface area contributed by atoms with Crippen LogP contribution in [0.4, 0.5) is 0 Å². The van der Waals surface area contributed by atoms with Crippen LogP contribution in [0.5, 0.6) is 0 Å². The summed E-state index contributed by atoms with van der Waals surface area (Å²) in [6.07, 6.45) is 2.41. The van der Waals surface area contributed by atoms with E-state index in [-0.39, 0.29) is 11.8 Å². The minimum Gasteiger partial charge on any atom is -0.463 e. The Kier molecular flexibility index (Phi) is 8.13. The predicted molar refractivity (Wildman–Crippen MR) is 52.0 cm³/mol. The molecule has 0 aromatic heterocycles. The molecule has 0 atom stereocenters. The van der Waals surface area contributed by atoms with Gasteiger partial charge in [-0.2, -0.15) is 0 Å². The summed E-state index contributed by atoms with van der Waals surface area (Å²) in [5, 5.41) is 0. The molecular formula is C10H18O4. The lowest BCUT2D eigenvalue weighted by Crippen LogP contribution is -2.09. The van der Waals surface area contributed by atoms with E-state index in [0.29, 0.717) is 32.5 Å². The number of carbonyl (C=O) groups excluding carboxylic acids is 2. The van der Waals surface area contributed by atoms with E-state index >= 15 is 0 Å². The fraction of sp³-hybridized carbons (Fsp3) is 0.800. The molecule has 0 N–H and O–H groups in total. The third-order valence-corrected chi connectivity index (χ3v) is 1.71. The van der Waals surface area contributed by atoms with Gasteiger partial charge in [0.25, 0.3) is 0 Å². The van der Waals surface area contributed by atoms with Crippen LogP contribution in [0.2, 0.25) is 0 Å². The molecule has 0 heterocycles. The van der Waals surface area contributed by atoms with Gasteiger partial charge < -0.3 is 14.3 Å². The van der Waals surface area contributed by atoms with Crippen molar-refractivity contribution in [3.05, 3.63) is 0 Å². The predicted octanol–water partition coefficient (Wildman–Crippen LogP) is 1.33. The first-order valence-corrected chi connectivity index (χ1v) is 4.81. The molecule has 0 saturated heterocycles. The van der Waals surface area contributed by atoms with Gasteiger partial charge in [0.2, 0.25) is 0 Å². The minimum atomic E-state index is -0.217. The molecule has 0 fully saturated rings. The third-order valence-electron chi connectivity index (χ3n) is 1.71. The summed E-state index contributed by atoms with van der Waals surface area (Å²) >= 11 is 0. The lowest BCUT2D eigenvalue weighted by molar-refractivity contribution is -0.145. The van der Waals surface area contributed by atoms with Gasteiger partial charge in [-0.15, -0.1) is 0 Å². The van der Waals surface area contributed by atoms with Crippen molar-refractivity contribution in [3.8, 4) is 0 Å². The zero-order chi connectivity index (χ0) is 10.8. The van der Waals surface area contributed by atoms with Gasteiger partial charge in [0, 0.05) is 20.0 Å². The van der Waals surface area contributed by atoms with E-state index in [1.54, 1.807) is 14.0 Å². The standard InChI is InChI=1S/C10H18O4/c1-9(11)5-3-4-6-10(12)14-8-7-13-2/h3-8H2,1-2H3. The highest BCUT2D eigenvalue weighted by molar-refractivity contribution is 5.75. The zero-order valence-electron chi connectivity index (χ0n) is 8.88. The van der Waals surface area contributed by atoms with Gasteiger partial charge in [-0.1, -0.05) is 0 Å². The number of ketones is 1. The summed E-state index contributed by atoms with van der Waals surface area (Å²) in [6, 6.07) is 0. The maximum absolute atomic E-state index is 11.0. The summed E-state index contributed by atoms with van der Waals surface area (Å²) < 4.78 is 9.57. The van der Waals surface area contributed by atoms with Gasteiger partial charge in [-0.05, 0) is 19.8 Å². The molecule has 0 aromatic carbocycles. The molecule has 0 spiro atoms. The fourth-order valence-electron chi connectivity index (χ4n) is 0.954. The normalized spacial score (nSPS) is 9.86. The Morgan fingerprint density at radius 2 is 1.71 bits per heavy atom. The first-order chi connectivity index (χ1) is 6.66. The van der Waals surface area contributed by atoms with E-state index in [2.05, 4.69) is 0 Å². The Bertz CT molecular complexity index is 177. The molecule has 0 aromatic rings. The number of unbranched alkanes of at least 4 members (excludes halogenated alkanes) is 1. The summed E-state index contributed by atoms with van der Waals surface area (Å²) in [4.78, 5) is 21.6. The summed E-state index contributed by atoms with van der Waals surface area (Å²) in [5.74, 6) is -0.0525. The number of methoxy groups -OCH3 is 1. The number of ether oxygens (including phenoxy) is 2. The first-order valence-electron chi connectivity index (χ1n) is 4.81. The molecule has 0 rings (SSSR count). The van der Waals surface area contributed by atoms with E-state index in [1.165, 1.54) is 0 Å². The Morgan fingerprint density at radius 1 is 1.07 bits per heavy atom. The number of carbonyl (C=O) groups is 2. The van der Waals surface area contributed by atoms with Crippen LogP contribution in [-0.2, 0) is 19.1 Å². The van der Waals surface area contributed by atoms with Crippen molar-refractivity contribution in [2.24, 2.45) is 0 Å². The number of hydrogen-bond acceptors (Lipinski definition) is 4. The van der Waals surface area contributed by atoms with Crippen molar-refractivity contribution in [2.75, 3.05) is 20.3 Å². The highest BCUT2D eigenvalue weighted by atomic mass is 16.6. The Morgan fingerprint density at radius 3 is 2.29 bits per heavy atom. The van der Waals surface area contributed by atoms with Crippen LogP contribution >= 0.6 is 0 Å². The molecule has 0 aliphatic carbocycles. The lowest BCUT2D eigenvalue weighted by Gasteiger charge is -2.03. The molecule has 14 heavy (non-hydrogen) atoms. The number of Topliss-reactive ketones (excluding diaryl/α,β-unsaturated/α-hetero) is 1. The maximum atomic E-state index is 11.0. The Labute approximate surface area is 84.6 Å². The van der Waals surface area contributed by atoms with Gasteiger partial charge in [0.05, 0.1) is 6.61 Å². The van der Waals surface area contributed by atoms with Gasteiger partial charge >= 0.3 is 5.97 Å². The van der Waals surface area contributed by atoms with E-state index in [4.69, 9.17) is 9.47 Å². The summed E-state index contributed by atoms with van der Waals surface area (Å²) in [7, 11) is 1.56. The van der Waals surface area contributed by atoms with Crippen LogP contribution in [0.1, 0.15) is 32.6 Å². The van der Waals surface area contributed by atoms with E-state index in [0.717, 1.165) is 6.42 Å². The van der Waals surface area contributed by atoms with Crippen LogP contribution in [0, 0.1) is 0 Å². The molecule has 0 aliphatic rings. The molecular weight excluding hydrogens is 184 g/mol. The Hall–Kier alpha value is -0.900. The first kappa shape index (κ1) is 13.1. The van der Waals surface area contributed by atoms with Crippen LogP contribution in [-0.4, -0.2) is 32.1 Å². The monoisotopic (exact) mass is 202 g/mol. The third kappa shape index (κ3) is 9.19. The van der Waals surface area contributed by atoms with Crippen molar-refractivity contribution in [1.29, 1.82) is 0 Å². The molecule has 82 valence electrons. The van der Waals surface area contributed by atoms with E-state index in [9.17, 15) is 9.59 Å². The SMILES string of the molecule is COCCOC(=O)CCCCC(C)=O. The second kappa shape index (κ2) is 8.69. The number of esters is 1. The number of hydrogen-bond donors (Lipinski definition) is 0. The van der Waals surface area contributed by atoms with Crippen LogP contribution in [0.3, 0.4) is 0 Å². The molecule has 0 bridgehead atoms. The second-order valence-electron chi connectivity index (χ2n) is 3.12. The van der Waals surface area contributed by atoms with Gasteiger partial charge in [0.15, 0.2) is 0 Å². The van der Waals surface area contributed by atoms with Crippen molar-refractivity contribution < 1.29 is 19.1 Å². The molecule has 0 saturated carbocycles. The molecule has 0 unspecified atom stereocenters. The average molecular weight is 202 g/mol. The fourth-order valence-corrected chi connectivity index (χ4v) is 0.954. The van der Waals surface area contributed by atoms with Crippen molar-refractivity contribution >= 4 is 11.8 Å². The molecule has 4 nitrogen and oxygen atoms in total. The number of rotatable bonds is 8. The van der Waals surface area contributed by atoms with E-state index in [1.807, 2.05) is 0 Å². The zero-order valence-corrected chi connectivity index (χ0v) is 8.88. The van der Waals surface area contributed by atoms with Crippen molar-refractivity contribution in [3.63, 3.8) is 0 Å². The van der Waals surface area contributed by atoms with Crippen LogP contribution < -0.4 is 0 Å². The van der Waals surface area contributed by atoms with Gasteiger partial charge in [-0.3, -0.25) is 4.79 Å². The smallest absolute Gasteiger partial charge is 0.305 e. The largest absolute Gasteiger partial charge is 0.463 e. The molecule has 0 amide bonds. The van der Waals surface area contributed by atoms with Crippen LogP contribution in [0.15, 0.2) is 0 Å². The van der Waals surface area contributed by atoms with Gasteiger partial charge in [0.1, 0.15) is 12.4 Å². The summed E-state index contributed by atoms with van der Waals surface area (Å²) in [5.41, 5.74) is 0. The molecule has 4 heteroatoms. The van der Waals surface area contributed by atoms with E-state index < -0.39 is 0 Å². The van der Waals surface area contributed by atoms with Gasteiger partial charge in [-0.25, -0.2) is 0 Å². The molecule has 0 aliphatic heterocycles. The van der Waals surface area contributed by atoms with Crippen molar-refractivity contribution in [1.82, 2.24) is 0 Å². The second-order valence-corrected chi connectivity index (χ2v) is 3.12. The highest BCUT2D eigenvalue weighted by Gasteiger charge is 2.02. The van der Waals surface area contributed by atoms with Crippen molar-refractivity contribution in [2.45, 2.75) is 32.6 Å². The summed E-state index contributed by atoms with van der Waals surface area (Å²) in [6.45, 7) is 2.29. The average Bonchev–Trinajstić information content (AvgIpc) is 2.13. The minimum absolute atomic E-state index is 0.165. The Balaban J connectivity index is 3.22. The lowest BCUT2D eigenvalue weighted by atomic mass is 10.1. The molecule has 0 radical (unpaired) electrons. The maximum Gasteiger partial charge on any atom is 0.305 e. The van der Waals surface area contributed by atoms with Crippen LogP contribution in [0.25, 0.3) is 0 Å². The quantitative estimate of drug-likeness (QED) is 0.440.